The van der Waals surface area contributed by atoms with Crippen LogP contribution in [0.15, 0.2) is 26.7 Å². The molecule has 11 heteroatoms. The maximum atomic E-state index is 12.7. The fourth-order valence-corrected chi connectivity index (χ4v) is 3.95. The van der Waals surface area contributed by atoms with Crippen molar-refractivity contribution in [1.29, 1.82) is 0 Å². The Hall–Kier alpha value is -2.24. The van der Waals surface area contributed by atoms with Crippen LogP contribution < -0.4 is 11.2 Å². The van der Waals surface area contributed by atoms with Crippen LogP contribution in [-0.4, -0.2) is 44.1 Å². The number of fused-ring (bicyclic) bond motifs is 1. The molecule has 0 atom stereocenters. The predicted molar refractivity (Wildman–Crippen MR) is 78.0 cm³/mol. The lowest BCUT2D eigenvalue weighted by Crippen LogP contribution is -2.36. The lowest BCUT2D eigenvalue weighted by molar-refractivity contribution is 0.275. The van der Waals surface area contributed by atoms with Crippen molar-refractivity contribution in [2.45, 2.75) is 31.0 Å². The van der Waals surface area contributed by atoms with E-state index in [1.807, 2.05) is 4.98 Å². The van der Waals surface area contributed by atoms with Crippen LogP contribution in [0, 0.1) is 0 Å². The first kappa shape index (κ1) is 15.6. The zero-order chi connectivity index (χ0) is 16.6. The number of aliphatic hydroxyl groups is 1. The van der Waals surface area contributed by atoms with E-state index in [4.69, 9.17) is 5.11 Å². The molecule has 0 aromatic carbocycles. The third-order valence-electron chi connectivity index (χ3n) is 3.59. The van der Waals surface area contributed by atoms with Gasteiger partial charge in [-0.2, -0.15) is 9.40 Å². The van der Waals surface area contributed by atoms with Crippen LogP contribution >= 0.6 is 0 Å². The maximum Gasteiger partial charge on any atom is 0.325 e. The first-order valence-corrected chi connectivity index (χ1v) is 8.34. The Morgan fingerprint density at radius 1 is 1.30 bits per heavy atom. The van der Waals surface area contributed by atoms with Gasteiger partial charge in [-0.25, -0.2) is 13.2 Å². The van der Waals surface area contributed by atoms with Gasteiger partial charge in [-0.05, 0) is 12.5 Å². The number of aromatic amines is 2. The number of rotatable bonds is 3. The number of aromatic nitrogens is 4. The van der Waals surface area contributed by atoms with Crippen LogP contribution in [0.2, 0.25) is 0 Å². The van der Waals surface area contributed by atoms with Crippen molar-refractivity contribution in [1.82, 2.24) is 24.1 Å². The van der Waals surface area contributed by atoms with E-state index in [0.29, 0.717) is 24.4 Å². The van der Waals surface area contributed by atoms with Crippen molar-refractivity contribution >= 4 is 10.0 Å². The molecular weight excluding hydrogens is 326 g/mol. The summed E-state index contributed by atoms with van der Waals surface area (Å²) in [7, 11) is -4.06. The minimum atomic E-state index is -4.06. The summed E-state index contributed by atoms with van der Waals surface area (Å²) in [6.45, 7) is 0.544. The monoisotopic (exact) mass is 341 g/mol. The average molecular weight is 341 g/mol. The molecule has 0 bridgehead atoms. The van der Waals surface area contributed by atoms with E-state index < -0.39 is 26.2 Å². The molecule has 0 saturated heterocycles. The zero-order valence-electron chi connectivity index (χ0n) is 12.0. The predicted octanol–water partition coefficient (Wildman–Crippen LogP) is -1.65. The van der Waals surface area contributed by atoms with Crippen LogP contribution in [0.25, 0.3) is 0 Å². The fourth-order valence-electron chi connectivity index (χ4n) is 2.50. The molecule has 3 heterocycles. The van der Waals surface area contributed by atoms with Crippen LogP contribution in [0.5, 0.6) is 0 Å². The number of nitrogens with zero attached hydrogens (tertiary/aromatic N) is 3. The Morgan fingerprint density at radius 3 is 2.78 bits per heavy atom. The van der Waals surface area contributed by atoms with Gasteiger partial charge in [0.05, 0.1) is 24.5 Å². The minimum Gasteiger partial charge on any atom is -0.390 e. The molecular formula is C12H15N5O5S. The molecule has 1 aliphatic heterocycles. The molecule has 3 rings (SSSR count). The topological polar surface area (TPSA) is 141 Å². The van der Waals surface area contributed by atoms with Gasteiger partial charge in [-0.1, -0.05) is 0 Å². The van der Waals surface area contributed by atoms with E-state index in [2.05, 4.69) is 10.1 Å². The van der Waals surface area contributed by atoms with Crippen LogP contribution in [0.3, 0.4) is 0 Å². The number of hydrogen-bond donors (Lipinski definition) is 3. The van der Waals surface area contributed by atoms with Crippen molar-refractivity contribution in [3.8, 4) is 0 Å². The van der Waals surface area contributed by atoms with Gasteiger partial charge in [0.15, 0.2) is 4.90 Å². The molecule has 0 radical (unpaired) electrons. The fraction of sp³-hybridized carbons (Fsp3) is 0.417. The Kier molecular flexibility index (Phi) is 3.92. The second-order valence-electron chi connectivity index (χ2n) is 5.14. The smallest absolute Gasteiger partial charge is 0.325 e. The SMILES string of the molecule is O=c1[nH]cc(S(=O)(=O)N2CCCn3nc(CO)cc3C2)c(=O)[nH]1. The molecule has 10 nitrogen and oxygen atoms in total. The van der Waals surface area contributed by atoms with E-state index in [1.165, 1.54) is 0 Å². The summed E-state index contributed by atoms with van der Waals surface area (Å²) in [6.07, 6.45) is 1.41. The van der Waals surface area contributed by atoms with Crippen LogP contribution in [0.1, 0.15) is 17.8 Å². The number of H-pyrrole nitrogens is 2. The van der Waals surface area contributed by atoms with E-state index >= 15 is 0 Å². The molecule has 0 amide bonds. The Labute approximate surface area is 130 Å². The Morgan fingerprint density at radius 2 is 2.09 bits per heavy atom. The van der Waals surface area contributed by atoms with E-state index in [0.717, 1.165) is 10.5 Å². The summed E-state index contributed by atoms with van der Waals surface area (Å²) in [5.74, 6) is 0. The van der Waals surface area contributed by atoms with E-state index in [9.17, 15) is 18.0 Å². The molecule has 124 valence electrons. The Bertz CT molecular complexity index is 941. The first-order valence-electron chi connectivity index (χ1n) is 6.90. The zero-order valence-corrected chi connectivity index (χ0v) is 12.8. The van der Waals surface area contributed by atoms with Crippen LogP contribution in [-0.2, 0) is 29.7 Å². The first-order chi connectivity index (χ1) is 10.9. The van der Waals surface area contributed by atoms with Crippen molar-refractivity contribution < 1.29 is 13.5 Å². The van der Waals surface area contributed by atoms with Gasteiger partial charge in [-0.3, -0.25) is 14.5 Å². The quantitative estimate of drug-likeness (QED) is 0.610. The number of sulfonamides is 1. The second-order valence-corrected chi connectivity index (χ2v) is 7.04. The standard InChI is InChI=1S/C12H15N5O5S/c18-7-8-4-9-6-16(2-1-3-17(9)15-8)23(21,22)10-5-13-12(20)14-11(10)19/h4-5,18H,1-3,6-7H2,(H2,13,14,19,20). The highest BCUT2D eigenvalue weighted by atomic mass is 32.2. The number of aliphatic hydroxyl groups excluding tert-OH is 1. The molecule has 3 N–H and O–H groups in total. The number of hydrogen-bond acceptors (Lipinski definition) is 6. The van der Waals surface area contributed by atoms with Gasteiger partial charge < -0.3 is 10.1 Å². The largest absolute Gasteiger partial charge is 0.390 e. The Balaban J connectivity index is 1.99. The summed E-state index contributed by atoms with van der Waals surface area (Å²) in [5, 5.41) is 13.3. The minimum absolute atomic E-state index is 0.0356. The highest BCUT2D eigenvalue weighted by molar-refractivity contribution is 7.89. The van der Waals surface area contributed by atoms with Crippen molar-refractivity contribution in [3.05, 3.63) is 44.5 Å². The number of nitrogens with one attached hydrogen (secondary N) is 2. The molecule has 2 aromatic rings. The van der Waals surface area contributed by atoms with Crippen molar-refractivity contribution in [3.63, 3.8) is 0 Å². The van der Waals surface area contributed by atoms with E-state index in [-0.39, 0.29) is 19.7 Å². The number of aryl methyl sites for hydroxylation is 1. The third-order valence-corrected chi connectivity index (χ3v) is 5.45. The van der Waals surface area contributed by atoms with Gasteiger partial charge >= 0.3 is 5.69 Å². The molecule has 0 saturated carbocycles. The maximum absolute atomic E-state index is 12.7. The summed E-state index contributed by atoms with van der Waals surface area (Å²) in [6, 6.07) is 1.63. The van der Waals surface area contributed by atoms with Gasteiger partial charge in [-0.15, -0.1) is 0 Å². The van der Waals surface area contributed by atoms with Gasteiger partial charge in [0.1, 0.15) is 0 Å². The van der Waals surface area contributed by atoms with Crippen molar-refractivity contribution in [2.75, 3.05) is 6.54 Å². The molecule has 2 aromatic heterocycles. The van der Waals surface area contributed by atoms with E-state index in [1.54, 1.807) is 10.7 Å². The molecule has 23 heavy (non-hydrogen) atoms. The van der Waals surface area contributed by atoms with Gasteiger partial charge in [0.25, 0.3) is 5.56 Å². The highest BCUT2D eigenvalue weighted by Crippen LogP contribution is 2.19. The summed E-state index contributed by atoms with van der Waals surface area (Å²) in [5.41, 5.74) is -0.629. The van der Waals surface area contributed by atoms with Gasteiger partial charge in [0.2, 0.25) is 10.0 Å². The molecule has 0 aliphatic carbocycles. The normalized spacial score (nSPS) is 16.0. The average Bonchev–Trinajstić information content (AvgIpc) is 2.77. The van der Waals surface area contributed by atoms with Crippen LogP contribution in [0.4, 0.5) is 0 Å². The lowest BCUT2D eigenvalue weighted by Gasteiger charge is -2.18. The molecule has 0 unspecified atom stereocenters. The summed E-state index contributed by atoms with van der Waals surface area (Å²) in [4.78, 5) is 26.4. The third kappa shape index (κ3) is 2.85. The second kappa shape index (κ2) is 5.76. The molecule has 0 fully saturated rings. The molecule has 0 spiro atoms. The highest BCUT2D eigenvalue weighted by Gasteiger charge is 2.30. The lowest BCUT2D eigenvalue weighted by atomic mass is 10.3. The van der Waals surface area contributed by atoms with Gasteiger partial charge in [0, 0.05) is 19.3 Å². The summed E-state index contributed by atoms with van der Waals surface area (Å²) < 4.78 is 28.1. The summed E-state index contributed by atoms with van der Waals surface area (Å²) >= 11 is 0. The van der Waals surface area contributed by atoms with Crippen molar-refractivity contribution in [2.24, 2.45) is 0 Å². The molecule has 1 aliphatic rings.